The molecule has 0 saturated carbocycles. The Bertz CT molecular complexity index is 854. The molecule has 1 aromatic heterocycles. The SMILES string of the molecule is Nc1ncc2c(n1)C1(CCN(CC3CN(Cc4ccccc4)CCO3)CC1)OCC2. The lowest BCUT2D eigenvalue weighted by atomic mass is 9.83. The van der Waals surface area contributed by atoms with E-state index in [-0.39, 0.29) is 11.7 Å². The highest BCUT2D eigenvalue weighted by Gasteiger charge is 2.42. The molecule has 2 aromatic rings. The summed E-state index contributed by atoms with van der Waals surface area (Å²) in [7, 11) is 0. The predicted molar refractivity (Wildman–Crippen MR) is 115 cm³/mol. The molecule has 7 nitrogen and oxygen atoms in total. The van der Waals surface area contributed by atoms with E-state index in [1.807, 2.05) is 6.20 Å². The van der Waals surface area contributed by atoms with Gasteiger partial charge in [0.05, 0.1) is 25.0 Å². The van der Waals surface area contributed by atoms with E-state index in [1.165, 1.54) is 11.1 Å². The van der Waals surface area contributed by atoms with E-state index in [9.17, 15) is 0 Å². The van der Waals surface area contributed by atoms with Gasteiger partial charge in [0.15, 0.2) is 0 Å². The Hall–Kier alpha value is -2.06. The van der Waals surface area contributed by atoms with E-state index in [0.717, 1.165) is 77.4 Å². The molecule has 2 fully saturated rings. The number of anilines is 1. The summed E-state index contributed by atoms with van der Waals surface area (Å²) in [5.41, 5.74) is 9.16. The van der Waals surface area contributed by atoms with Crippen molar-refractivity contribution in [1.29, 1.82) is 0 Å². The number of likely N-dealkylation sites (tertiary alicyclic amines) is 1. The summed E-state index contributed by atoms with van der Waals surface area (Å²) >= 11 is 0. The Morgan fingerprint density at radius 3 is 2.73 bits per heavy atom. The molecule has 0 aliphatic carbocycles. The van der Waals surface area contributed by atoms with Crippen LogP contribution in [-0.4, -0.2) is 71.8 Å². The van der Waals surface area contributed by atoms with Gasteiger partial charge in [0.25, 0.3) is 0 Å². The van der Waals surface area contributed by atoms with Gasteiger partial charge in [-0.15, -0.1) is 0 Å². The molecule has 7 heteroatoms. The molecule has 0 bridgehead atoms. The number of morpholine rings is 1. The van der Waals surface area contributed by atoms with Gasteiger partial charge in [-0.05, 0) is 30.4 Å². The van der Waals surface area contributed by atoms with Crippen LogP contribution in [0.25, 0.3) is 0 Å². The van der Waals surface area contributed by atoms with Crippen LogP contribution in [0.5, 0.6) is 0 Å². The molecule has 3 aliphatic heterocycles. The van der Waals surface area contributed by atoms with Gasteiger partial charge < -0.3 is 20.1 Å². The Balaban J connectivity index is 1.18. The highest BCUT2D eigenvalue weighted by molar-refractivity contribution is 5.32. The Morgan fingerprint density at radius 1 is 1.07 bits per heavy atom. The van der Waals surface area contributed by atoms with Crippen molar-refractivity contribution in [2.75, 3.05) is 51.7 Å². The molecule has 160 valence electrons. The number of hydrogen-bond acceptors (Lipinski definition) is 7. The quantitative estimate of drug-likeness (QED) is 0.825. The van der Waals surface area contributed by atoms with Gasteiger partial charge in [-0.3, -0.25) is 4.90 Å². The normalized spacial score (nSPS) is 24.6. The van der Waals surface area contributed by atoms with Gasteiger partial charge >= 0.3 is 0 Å². The summed E-state index contributed by atoms with van der Waals surface area (Å²) in [5.74, 6) is 0.343. The minimum atomic E-state index is -0.298. The van der Waals surface area contributed by atoms with Gasteiger partial charge in [0.2, 0.25) is 5.95 Å². The number of nitrogen functional groups attached to an aromatic ring is 1. The molecule has 2 N–H and O–H groups in total. The highest BCUT2D eigenvalue weighted by atomic mass is 16.5. The molecule has 5 rings (SSSR count). The number of aromatic nitrogens is 2. The van der Waals surface area contributed by atoms with Crippen molar-refractivity contribution in [1.82, 2.24) is 19.8 Å². The number of rotatable bonds is 4. The lowest BCUT2D eigenvalue weighted by Gasteiger charge is -2.45. The fourth-order valence-electron chi connectivity index (χ4n) is 5.06. The zero-order valence-electron chi connectivity index (χ0n) is 17.5. The first kappa shape index (κ1) is 19.9. The number of piperidine rings is 1. The zero-order valence-corrected chi connectivity index (χ0v) is 17.5. The molecule has 3 aliphatic rings. The van der Waals surface area contributed by atoms with Crippen LogP contribution in [0.3, 0.4) is 0 Å². The van der Waals surface area contributed by atoms with Crippen molar-refractivity contribution in [3.63, 3.8) is 0 Å². The molecule has 2 saturated heterocycles. The topological polar surface area (TPSA) is 76.7 Å². The molecule has 4 heterocycles. The fraction of sp³-hybridized carbons (Fsp3) is 0.565. The monoisotopic (exact) mass is 409 g/mol. The van der Waals surface area contributed by atoms with Crippen LogP contribution >= 0.6 is 0 Å². The number of ether oxygens (including phenoxy) is 2. The van der Waals surface area contributed by atoms with E-state index in [2.05, 4.69) is 50.1 Å². The fourth-order valence-corrected chi connectivity index (χ4v) is 5.06. The first-order chi connectivity index (χ1) is 14.7. The highest BCUT2D eigenvalue weighted by Crippen LogP contribution is 2.40. The van der Waals surface area contributed by atoms with Gasteiger partial charge in [0, 0.05) is 45.5 Å². The van der Waals surface area contributed by atoms with Crippen LogP contribution < -0.4 is 5.73 Å². The average Bonchev–Trinajstić information content (AvgIpc) is 2.77. The van der Waals surface area contributed by atoms with Crippen molar-refractivity contribution in [3.05, 3.63) is 53.3 Å². The van der Waals surface area contributed by atoms with Crippen molar-refractivity contribution < 1.29 is 9.47 Å². The predicted octanol–water partition coefficient (Wildman–Crippen LogP) is 1.82. The van der Waals surface area contributed by atoms with Gasteiger partial charge in [0.1, 0.15) is 5.60 Å². The minimum absolute atomic E-state index is 0.258. The lowest BCUT2D eigenvalue weighted by molar-refractivity contribution is -0.110. The summed E-state index contributed by atoms with van der Waals surface area (Å²) < 4.78 is 12.4. The van der Waals surface area contributed by atoms with Crippen molar-refractivity contribution in [2.45, 2.75) is 37.5 Å². The minimum Gasteiger partial charge on any atom is -0.374 e. The molecule has 0 radical (unpaired) electrons. The Labute approximate surface area is 178 Å². The Morgan fingerprint density at radius 2 is 1.90 bits per heavy atom. The number of hydrogen-bond donors (Lipinski definition) is 1. The number of fused-ring (bicyclic) bond motifs is 2. The van der Waals surface area contributed by atoms with Gasteiger partial charge in [-0.2, -0.15) is 0 Å². The van der Waals surface area contributed by atoms with Gasteiger partial charge in [-0.25, -0.2) is 9.97 Å². The van der Waals surface area contributed by atoms with Crippen LogP contribution in [-0.2, 0) is 28.0 Å². The maximum atomic E-state index is 6.30. The standard InChI is InChI=1S/C23H31N5O2/c24-22-25-14-19-6-12-30-23(21(19)26-22)7-9-27(10-8-23)16-20-17-28(11-13-29-20)15-18-4-2-1-3-5-18/h1-5,14,20H,6-13,15-17H2,(H2,24,25,26). The van der Waals surface area contributed by atoms with E-state index >= 15 is 0 Å². The summed E-state index contributed by atoms with van der Waals surface area (Å²) in [4.78, 5) is 13.8. The smallest absolute Gasteiger partial charge is 0.220 e. The average molecular weight is 410 g/mol. The summed E-state index contributed by atoms with van der Waals surface area (Å²) in [6.45, 7) is 7.47. The van der Waals surface area contributed by atoms with E-state index in [1.54, 1.807) is 0 Å². The van der Waals surface area contributed by atoms with Gasteiger partial charge in [-0.1, -0.05) is 30.3 Å². The van der Waals surface area contributed by atoms with Crippen LogP contribution in [0.4, 0.5) is 5.95 Å². The molecular formula is C23H31N5O2. The van der Waals surface area contributed by atoms with Crippen LogP contribution in [0, 0.1) is 0 Å². The maximum absolute atomic E-state index is 6.30. The van der Waals surface area contributed by atoms with Crippen molar-refractivity contribution in [3.8, 4) is 0 Å². The number of benzene rings is 1. The summed E-state index contributed by atoms with van der Waals surface area (Å²) in [6, 6.07) is 10.7. The summed E-state index contributed by atoms with van der Waals surface area (Å²) in [6.07, 6.45) is 4.89. The van der Waals surface area contributed by atoms with E-state index < -0.39 is 0 Å². The third-order valence-corrected chi connectivity index (χ3v) is 6.66. The first-order valence-electron chi connectivity index (χ1n) is 11.1. The molecule has 0 amide bonds. The van der Waals surface area contributed by atoms with E-state index in [0.29, 0.717) is 5.95 Å². The molecule has 1 atom stereocenters. The number of nitrogens with zero attached hydrogens (tertiary/aromatic N) is 4. The molecular weight excluding hydrogens is 378 g/mol. The largest absolute Gasteiger partial charge is 0.374 e. The second-order valence-corrected chi connectivity index (χ2v) is 8.71. The Kier molecular flexibility index (Phi) is 5.69. The second-order valence-electron chi connectivity index (χ2n) is 8.71. The first-order valence-corrected chi connectivity index (χ1v) is 11.1. The molecule has 1 spiro atoms. The molecule has 1 unspecified atom stereocenters. The van der Waals surface area contributed by atoms with Crippen LogP contribution in [0.15, 0.2) is 36.5 Å². The third kappa shape index (κ3) is 4.21. The lowest BCUT2D eigenvalue weighted by Crippen LogP contribution is -2.52. The van der Waals surface area contributed by atoms with Crippen LogP contribution in [0.1, 0.15) is 29.7 Å². The van der Waals surface area contributed by atoms with E-state index in [4.69, 9.17) is 15.2 Å². The molecule has 30 heavy (non-hydrogen) atoms. The van der Waals surface area contributed by atoms with Crippen LogP contribution in [0.2, 0.25) is 0 Å². The zero-order chi connectivity index (χ0) is 20.4. The number of nitrogens with two attached hydrogens (primary N) is 1. The third-order valence-electron chi connectivity index (χ3n) is 6.66. The summed E-state index contributed by atoms with van der Waals surface area (Å²) in [5, 5.41) is 0. The second kappa shape index (κ2) is 8.59. The van der Waals surface area contributed by atoms with Crippen molar-refractivity contribution >= 4 is 5.95 Å². The van der Waals surface area contributed by atoms with Crippen molar-refractivity contribution in [2.24, 2.45) is 0 Å². The maximum Gasteiger partial charge on any atom is 0.220 e. The molecule has 1 aromatic carbocycles.